The molecule has 3 aromatic carbocycles. The molecule has 0 saturated carbocycles. The van der Waals surface area contributed by atoms with Crippen LogP contribution in [0.3, 0.4) is 0 Å². The molecular weight excluding hydrogens is 530 g/mol. The van der Waals surface area contributed by atoms with Gasteiger partial charge in [-0.05, 0) is 49.2 Å². The molecule has 0 N–H and O–H groups in total. The third kappa shape index (κ3) is 5.34. The molecule has 0 aliphatic carbocycles. The van der Waals surface area contributed by atoms with Gasteiger partial charge in [-0.1, -0.05) is 65.9 Å². The Hall–Kier alpha value is -4.83. The first kappa shape index (κ1) is 26.8. The van der Waals surface area contributed by atoms with Crippen LogP contribution in [0.5, 0.6) is 5.75 Å². The molecule has 2 heterocycles. The number of nitro groups is 1. The molecule has 1 aromatic heterocycles. The van der Waals surface area contributed by atoms with Crippen molar-refractivity contribution < 1.29 is 19.2 Å². The number of thiazole rings is 1. The van der Waals surface area contributed by atoms with Crippen LogP contribution in [0.1, 0.15) is 36.6 Å². The van der Waals surface area contributed by atoms with Crippen molar-refractivity contribution in [2.24, 2.45) is 4.99 Å². The minimum atomic E-state index is -0.671. The summed E-state index contributed by atoms with van der Waals surface area (Å²) in [5.74, 6) is -0.00216. The van der Waals surface area contributed by atoms with Gasteiger partial charge in [0.2, 0.25) is 0 Å². The summed E-state index contributed by atoms with van der Waals surface area (Å²) in [5, 5.41) is 11.3. The van der Waals surface area contributed by atoms with E-state index >= 15 is 0 Å². The number of esters is 1. The molecule has 0 unspecified atom stereocenters. The lowest BCUT2D eigenvalue weighted by molar-refractivity contribution is -0.385. The van der Waals surface area contributed by atoms with Gasteiger partial charge in [0.05, 0.1) is 38.9 Å². The molecule has 0 bridgehead atoms. The van der Waals surface area contributed by atoms with Gasteiger partial charge in [-0.2, -0.15) is 0 Å². The Kier molecular flexibility index (Phi) is 7.70. The topological polar surface area (TPSA) is 113 Å². The van der Waals surface area contributed by atoms with E-state index in [9.17, 15) is 19.7 Å². The van der Waals surface area contributed by atoms with Gasteiger partial charge in [0.1, 0.15) is 12.4 Å². The number of para-hydroxylation sites is 1. The van der Waals surface area contributed by atoms with Crippen molar-refractivity contribution in [3.63, 3.8) is 0 Å². The Morgan fingerprint density at radius 2 is 1.85 bits per heavy atom. The maximum atomic E-state index is 13.7. The van der Waals surface area contributed by atoms with Gasteiger partial charge in [-0.25, -0.2) is 9.79 Å². The highest BCUT2D eigenvalue weighted by Gasteiger charge is 2.33. The number of carbonyl (C=O) groups is 1. The maximum Gasteiger partial charge on any atom is 0.338 e. The average Bonchev–Trinajstić information content (AvgIpc) is 3.25. The summed E-state index contributed by atoms with van der Waals surface area (Å²) in [6, 6.07) is 22.2. The number of rotatable bonds is 8. The fourth-order valence-corrected chi connectivity index (χ4v) is 5.61. The van der Waals surface area contributed by atoms with E-state index in [0.717, 1.165) is 5.56 Å². The van der Waals surface area contributed by atoms with Gasteiger partial charge in [0.25, 0.3) is 11.2 Å². The number of carbonyl (C=O) groups excluding carboxylic acids is 1. The molecule has 40 heavy (non-hydrogen) atoms. The van der Waals surface area contributed by atoms with Gasteiger partial charge in [0.15, 0.2) is 4.80 Å². The van der Waals surface area contributed by atoms with Crippen LogP contribution in [-0.2, 0) is 16.1 Å². The number of hydrogen-bond acceptors (Lipinski definition) is 8. The zero-order valence-electron chi connectivity index (χ0n) is 21.8. The minimum Gasteiger partial charge on any atom is -0.489 e. The summed E-state index contributed by atoms with van der Waals surface area (Å²) in [7, 11) is 0. The second-order valence-electron chi connectivity index (χ2n) is 8.96. The van der Waals surface area contributed by atoms with E-state index in [0.29, 0.717) is 37.5 Å². The zero-order valence-corrected chi connectivity index (χ0v) is 22.6. The predicted octanol–water partition coefficient (Wildman–Crippen LogP) is 4.29. The summed E-state index contributed by atoms with van der Waals surface area (Å²) in [4.78, 5) is 42.7. The standard InChI is InChI=1S/C30H25N3O6S/c1-3-38-29(35)26-19(2)31-30-32(27(26)21-11-5-4-6-12-21)28(34)25(40-30)17-20-10-9-14-23(16-20)39-18-22-13-7-8-15-24(22)33(36)37/h4-17,27H,3,18H2,1-2H3/t27-/m0/s1. The van der Waals surface area contributed by atoms with Crippen LogP contribution >= 0.6 is 11.3 Å². The fraction of sp³-hybridized carbons (Fsp3) is 0.167. The van der Waals surface area contributed by atoms with Crippen LogP contribution in [0, 0.1) is 10.1 Å². The monoisotopic (exact) mass is 555 g/mol. The lowest BCUT2D eigenvalue weighted by Gasteiger charge is -2.24. The van der Waals surface area contributed by atoms with Crippen molar-refractivity contribution in [1.82, 2.24) is 4.57 Å². The smallest absolute Gasteiger partial charge is 0.338 e. The van der Waals surface area contributed by atoms with E-state index in [1.165, 1.54) is 17.4 Å². The zero-order chi connectivity index (χ0) is 28.2. The molecular formula is C30H25N3O6S. The Morgan fingerprint density at radius 1 is 1.10 bits per heavy atom. The van der Waals surface area contributed by atoms with Crippen LogP contribution < -0.4 is 19.6 Å². The van der Waals surface area contributed by atoms with Gasteiger partial charge in [-0.15, -0.1) is 0 Å². The Labute approximate surface area is 233 Å². The van der Waals surface area contributed by atoms with E-state index in [4.69, 9.17) is 9.47 Å². The Balaban J connectivity index is 1.52. The highest BCUT2D eigenvalue weighted by atomic mass is 32.1. The SMILES string of the molecule is CCOC(=O)C1=C(C)N=c2sc(=Cc3cccc(OCc4ccccc4[N+](=O)[O-])c3)c(=O)n2[C@H]1c1ccccc1. The van der Waals surface area contributed by atoms with Crippen LogP contribution in [0.2, 0.25) is 0 Å². The second kappa shape index (κ2) is 11.5. The molecule has 10 heteroatoms. The van der Waals surface area contributed by atoms with Gasteiger partial charge < -0.3 is 9.47 Å². The molecule has 0 radical (unpaired) electrons. The molecule has 4 aromatic rings. The van der Waals surface area contributed by atoms with Gasteiger partial charge in [0, 0.05) is 6.07 Å². The van der Waals surface area contributed by atoms with Crippen molar-refractivity contribution >= 4 is 29.1 Å². The number of nitrogens with zero attached hydrogens (tertiary/aromatic N) is 3. The first-order valence-corrected chi connectivity index (χ1v) is 13.4. The molecule has 5 rings (SSSR count). The lowest BCUT2D eigenvalue weighted by atomic mass is 9.96. The second-order valence-corrected chi connectivity index (χ2v) is 9.97. The third-order valence-electron chi connectivity index (χ3n) is 6.37. The molecule has 1 atom stereocenters. The molecule has 0 fully saturated rings. The number of fused-ring (bicyclic) bond motifs is 1. The molecule has 9 nitrogen and oxygen atoms in total. The van der Waals surface area contributed by atoms with Crippen molar-refractivity contribution in [2.75, 3.05) is 6.61 Å². The van der Waals surface area contributed by atoms with Crippen molar-refractivity contribution in [1.29, 1.82) is 0 Å². The number of ether oxygens (including phenoxy) is 2. The largest absolute Gasteiger partial charge is 0.489 e. The molecule has 202 valence electrons. The summed E-state index contributed by atoms with van der Waals surface area (Å²) < 4.78 is 13.1. The molecule has 0 saturated heterocycles. The highest BCUT2D eigenvalue weighted by Crippen LogP contribution is 2.30. The minimum absolute atomic E-state index is 0.00906. The Morgan fingerprint density at radius 3 is 2.60 bits per heavy atom. The van der Waals surface area contributed by atoms with E-state index in [1.807, 2.05) is 36.4 Å². The van der Waals surface area contributed by atoms with Crippen LogP contribution in [0.25, 0.3) is 6.08 Å². The maximum absolute atomic E-state index is 13.7. The van der Waals surface area contributed by atoms with Crippen LogP contribution in [-0.4, -0.2) is 22.1 Å². The molecule has 0 spiro atoms. The third-order valence-corrected chi connectivity index (χ3v) is 7.35. The van der Waals surface area contributed by atoms with E-state index in [-0.39, 0.29) is 24.5 Å². The highest BCUT2D eigenvalue weighted by molar-refractivity contribution is 7.07. The number of allylic oxidation sites excluding steroid dienone is 1. The normalized spacial score (nSPS) is 14.8. The van der Waals surface area contributed by atoms with E-state index < -0.39 is 16.9 Å². The summed E-state index contributed by atoms with van der Waals surface area (Å²) in [6.07, 6.45) is 1.74. The van der Waals surface area contributed by atoms with Gasteiger partial charge >= 0.3 is 5.97 Å². The molecule has 1 aliphatic rings. The lowest BCUT2D eigenvalue weighted by Crippen LogP contribution is -2.39. The van der Waals surface area contributed by atoms with Crippen LogP contribution in [0.15, 0.2) is 99.9 Å². The Bertz CT molecular complexity index is 1810. The van der Waals surface area contributed by atoms with Gasteiger partial charge in [-0.3, -0.25) is 19.5 Å². The van der Waals surface area contributed by atoms with Crippen molar-refractivity contribution in [2.45, 2.75) is 26.5 Å². The summed E-state index contributed by atoms with van der Waals surface area (Å²) >= 11 is 1.23. The van der Waals surface area contributed by atoms with E-state index in [2.05, 4.69) is 4.99 Å². The van der Waals surface area contributed by atoms with Crippen LogP contribution in [0.4, 0.5) is 5.69 Å². The number of aromatic nitrogens is 1. The summed E-state index contributed by atoms with van der Waals surface area (Å²) in [6.45, 7) is 3.71. The molecule has 0 amide bonds. The quantitative estimate of drug-likeness (QED) is 0.182. The van der Waals surface area contributed by atoms with E-state index in [1.54, 1.807) is 60.9 Å². The van der Waals surface area contributed by atoms with Crippen molar-refractivity contribution in [3.8, 4) is 5.75 Å². The van der Waals surface area contributed by atoms with Crippen molar-refractivity contribution in [3.05, 3.63) is 137 Å². The predicted molar refractivity (Wildman–Crippen MR) is 151 cm³/mol. The fourth-order valence-electron chi connectivity index (χ4n) is 4.56. The summed E-state index contributed by atoms with van der Waals surface area (Å²) in [5.41, 5.74) is 2.49. The molecule has 1 aliphatic heterocycles. The number of benzene rings is 3. The average molecular weight is 556 g/mol. The first-order valence-electron chi connectivity index (χ1n) is 12.6. The number of hydrogen-bond donors (Lipinski definition) is 0. The number of nitro benzene ring substituents is 1. The first-order chi connectivity index (χ1) is 19.4.